The van der Waals surface area contributed by atoms with E-state index in [0.29, 0.717) is 24.0 Å². The number of hydrogen-bond acceptors (Lipinski definition) is 4. The van der Waals surface area contributed by atoms with Crippen LogP contribution in [-0.2, 0) is 16.0 Å². The lowest BCUT2D eigenvalue weighted by Gasteiger charge is -2.32. The number of amides is 1. The fourth-order valence-electron chi connectivity index (χ4n) is 3.73. The second kappa shape index (κ2) is 5.46. The van der Waals surface area contributed by atoms with Crippen molar-refractivity contribution in [2.45, 2.75) is 57.5 Å². The maximum absolute atomic E-state index is 12.6. The third kappa shape index (κ3) is 2.64. The van der Waals surface area contributed by atoms with Crippen LogP contribution in [0, 0.1) is 12.8 Å². The van der Waals surface area contributed by atoms with Crippen molar-refractivity contribution in [3.8, 4) is 0 Å². The molecule has 0 bridgehead atoms. The van der Waals surface area contributed by atoms with Crippen LogP contribution in [0.4, 0.5) is 0 Å². The molecule has 2 aliphatic rings. The highest BCUT2D eigenvalue weighted by Gasteiger charge is 2.47. The molecule has 1 aromatic rings. The topological polar surface area (TPSA) is 99.2 Å². The molecule has 1 aliphatic carbocycles. The summed E-state index contributed by atoms with van der Waals surface area (Å²) in [5.41, 5.74) is 0. The summed E-state index contributed by atoms with van der Waals surface area (Å²) in [6.07, 6.45) is 4.79. The van der Waals surface area contributed by atoms with Crippen molar-refractivity contribution in [3.05, 3.63) is 11.6 Å². The lowest BCUT2D eigenvalue weighted by Crippen LogP contribution is -2.47. The number of carbonyl (C=O) groups excluding carboxylic acids is 1. The Hall–Kier alpha value is -1.92. The van der Waals surface area contributed by atoms with Gasteiger partial charge in [-0.2, -0.15) is 5.10 Å². The van der Waals surface area contributed by atoms with Gasteiger partial charge in [0.2, 0.25) is 5.91 Å². The van der Waals surface area contributed by atoms with Gasteiger partial charge in [-0.05, 0) is 32.1 Å². The number of aliphatic carboxylic acids is 1. The summed E-state index contributed by atoms with van der Waals surface area (Å²) in [6, 6.07) is -0.613. The summed E-state index contributed by atoms with van der Waals surface area (Å²) in [5.74, 6) is 0.350. The van der Waals surface area contributed by atoms with Gasteiger partial charge in [0.05, 0.1) is 6.42 Å². The van der Waals surface area contributed by atoms with Gasteiger partial charge in [-0.1, -0.05) is 12.8 Å². The minimum atomic E-state index is -0.899. The van der Waals surface area contributed by atoms with Crippen molar-refractivity contribution in [3.63, 3.8) is 0 Å². The number of carbonyl (C=O) groups is 2. The van der Waals surface area contributed by atoms with Gasteiger partial charge in [-0.3, -0.25) is 9.89 Å². The number of rotatable bonds is 3. The van der Waals surface area contributed by atoms with E-state index in [1.807, 2.05) is 0 Å². The van der Waals surface area contributed by atoms with E-state index in [1.54, 1.807) is 11.8 Å². The van der Waals surface area contributed by atoms with Crippen LogP contribution in [0.5, 0.6) is 0 Å². The smallest absolute Gasteiger partial charge is 0.326 e. The first kappa shape index (κ1) is 14.0. The molecule has 7 nitrogen and oxygen atoms in total. The van der Waals surface area contributed by atoms with Gasteiger partial charge in [-0.15, -0.1) is 0 Å². The molecule has 2 N–H and O–H groups in total. The lowest BCUT2D eigenvalue weighted by atomic mass is 9.84. The zero-order valence-corrected chi connectivity index (χ0v) is 12.1. The van der Waals surface area contributed by atoms with Crippen molar-refractivity contribution in [2.24, 2.45) is 5.92 Å². The quantitative estimate of drug-likeness (QED) is 0.862. The second-order valence-corrected chi connectivity index (χ2v) is 6.02. The van der Waals surface area contributed by atoms with E-state index in [-0.39, 0.29) is 18.4 Å². The minimum absolute atomic E-state index is 0.0668. The largest absolute Gasteiger partial charge is 0.480 e. The molecular weight excluding hydrogens is 272 g/mol. The highest BCUT2D eigenvalue weighted by atomic mass is 16.4. The Kier molecular flexibility index (Phi) is 3.65. The summed E-state index contributed by atoms with van der Waals surface area (Å²) < 4.78 is 0. The molecule has 3 atom stereocenters. The maximum Gasteiger partial charge on any atom is 0.326 e. The number of nitrogens with one attached hydrogen (secondary N) is 1. The Balaban J connectivity index is 1.79. The number of fused-ring (bicyclic) bond motifs is 1. The van der Waals surface area contributed by atoms with Crippen LogP contribution >= 0.6 is 0 Å². The average molecular weight is 292 g/mol. The SMILES string of the molecule is Cc1nc(CC(=O)N2[C@H](C(=O)O)C[C@@H]3CCCC[C@@H]32)n[nH]1. The number of nitrogens with zero attached hydrogens (tertiary/aromatic N) is 3. The van der Waals surface area contributed by atoms with Crippen molar-refractivity contribution in [2.75, 3.05) is 0 Å². The highest BCUT2D eigenvalue weighted by molar-refractivity contribution is 5.85. The molecule has 7 heteroatoms. The van der Waals surface area contributed by atoms with E-state index in [1.165, 1.54) is 0 Å². The van der Waals surface area contributed by atoms with E-state index in [2.05, 4.69) is 15.2 Å². The molecule has 21 heavy (non-hydrogen) atoms. The molecule has 0 radical (unpaired) electrons. The predicted octanol–water partition coefficient (Wildman–Crippen LogP) is 0.900. The van der Waals surface area contributed by atoms with Crippen LogP contribution in [-0.4, -0.2) is 49.1 Å². The van der Waals surface area contributed by atoms with Crippen LogP contribution in [0.2, 0.25) is 0 Å². The molecule has 1 saturated heterocycles. The Morgan fingerprint density at radius 2 is 2.14 bits per heavy atom. The van der Waals surface area contributed by atoms with E-state index < -0.39 is 12.0 Å². The van der Waals surface area contributed by atoms with Crippen LogP contribution in [0.15, 0.2) is 0 Å². The first-order valence-electron chi connectivity index (χ1n) is 7.48. The summed E-state index contributed by atoms with van der Waals surface area (Å²) in [6.45, 7) is 1.77. The lowest BCUT2D eigenvalue weighted by molar-refractivity contribution is -0.149. The molecule has 3 rings (SSSR count). The molecular formula is C14H20N4O3. The van der Waals surface area contributed by atoms with Crippen LogP contribution in [0.25, 0.3) is 0 Å². The molecule has 2 heterocycles. The molecule has 1 aliphatic heterocycles. The fraction of sp³-hybridized carbons (Fsp3) is 0.714. The minimum Gasteiger partial charge on any atom is -0.480 e. The number of likely N-dealkylation sites (tertiary alicyclic amines) is 1. The van der Waals surface area contributed by atoms with Gasteiger partial charge in [-0.25, -0.2) is 9.78 Å². The van der Waals surface area contributed by atoms with Crippen molar-refractivity contribution < 1.29 is 14.7 Å². The van der Waals surface area contributed by atoms with Crippen molar-refractivity contribution >= 4 is 11.9 Å². The van der Waals surface area contributed by atoms with Crippen LogP contribution < -0.4 is 0 Å². The molecule has 1 aromatic heterocycles. The number of hydrogen-bond donors (Lipinski definition) is 2. The van der Waals surface area contributed by atoms with Crippen LogP contribution in [0.1, 0.15) is 43.8 Å². The zero-order valence-electron chi connectivity index (χ0n) is 12.1. The number of carboxylic acid groups (broad SMARTS) is 1. The first-order valence-corrected chi connectivity index (χ1v) is 7.48. The Morgan fingerprint density at radius 1 is 1.38 bits per heavy atom. The summed E-state index contributed by atoms with van der Waals surface area (Å²) >= 11 is 0. The number of aryl methyl sites for hydroxylation is 1. The van der Waals surface area contributed by atoms with E-state index in [0.717, 1.165) is 25.7 Å². The van der Waals surface area contributed by atoms with Gasteiger partial charge >= 0.3 is 5.97 Å². The van der Waals surface area contributed by atoms with Gasteiger partial charge in [0.1, 0.15) is 11.9 Å². The molecule has 1 amide bonds. The third-order valence-corrected chi connectivity index (χ3v) is 4.61. The zero-order chi connectivity index (χ0) is 15.0. The fourth-order valence-corrected chi connectivity index (χ4v) is 3.73. The highest BCUT2D eigenvalue weighted by Crippen LogP contribution is 2.40. The van der Waals surface area contributed by atoms with Gasteiger partial charge in [0.25, 0.3) is 0 Å². The van der Waals surface area contributed by atoms with Gasteiger partial charge < -0.3 is 10.0 Å². The Bertz CT molecular complexity index is 556. The molecule has 0 spiro atoms. The number of aromatic nitrogens is 3. The van der Waals surface area contributed by atoms with E-state index >= 15 is 0 Å². The first-order chi connectivity index (χ1) is 10.1. The molecule has 114 valence electrons. The van der Waals surface area contributed by atoms with Crippen molar-refractivity contribution in [1.29, 1.82) is 0 Å². The molecule has 0 aromatic carbocycles. The maximum atomic E-state index is 12.6. The summed E-state index contributed by atoms with van der Waals surface area (Å²) in [7, 11) is 0. The number of aromatic amines is 1. The summed E-state index contributed by atoms with van der Waals surface area (Å²) in [4.78, 5) is 29.8. The van der Waals surface area contributed by atoms with Gasteiger partial charge in [0, 0.05) is 6.04 Å². The molecule has 1 saturated carbocycles. The van der Waals surface area contributed by atoms with E-state index in [9.17, 15) is 14.7 Å². The second-order valence-electron chi connectivity index (χ2n) is 6.02. The monoisotopic (exact) mass is 292 g/mol. The molecule has 2 fully saturated rings. The Morgan fingerprint density at radius 3 is 2.81 bits per heavy atom. The van der Waals surface area contributed by atoms with E-state index in [4.69, 9.17) is 0 Å². The normalized spacial score (nSPS) is 28.4. The third-order valence-electron chi connectivity index (χ3n) is 4.61. The standard InChI is InChI=1S/C14H20N4O3/c1-8-15-12(17-16-8)7-13(19)18-10-5-3-2-4-9(10)6-11(18)14(20)21/h9-11H,2-7H2,1H3,(H,20,21)(H,15,16,17)/t9-,10-,11-/m0/s1. The molecule has 0 unspecified atom stereocenters. The number of carboxylic acids is 1. The predicted molar refractivity (Wildman–Crippen MR) is 73.5 cm³/mol. The Labute approximate surface area is 122 Å². The average Bonchev–Trinajstić information content (AvgIpc) is 3.02. The van der Waals surface area contributed by atoms with Crippen LogP contribution in [0.3, 0.4) is 0 Å². The van der Waals surface area contributed by atoms with Gasteiger partial charge in [0.15, 0.2) is 5.82 Å². The number of H-pyrrole nitrogens is 1. The summed E-state index contributed by atoms with van der Waals surface area (Å²) in [5, 5.41) is 16.1. The van der Waals surface area contributed by atoms with Crippen molar-refractivity contribution in [1.82, 2.24) is 20.1 Å².